The molecule has 3 heteroatoms. The number of aryl methyl sites for hydroxylation is 1. The van der Waals surface area contributed by atoms with Crippen LogP contribution in [0.1, 0.15) is 31.3 Å². The quantitative estimate of drug-likeness (QED) is 0.769. The second kappa shape index (κ2) is 4.30. The summed E-state index contributed by atoms with van der Waals surface area (Å²) >= 11 is 5.87. The highest BCUT2D eigenvalue weighted by Crippen LogP contribution is 2.19. The van der Waals surface area contributed by atoms with Gasteiger partial charge in [0, 0.05) is 16.9 Å². The molecule has 1 aromatic carbocycles. The summed E-state index contributed by atoms with van der Waals surface area (Å²) in [4.78, 5) is 4.54. The van der Waals surface area contributed by atoms with E-state index in [1.54, 1.807) is 0 Å². The van der Waals surface area contributed by atoms with Crippen LogP contribution < -0.4 is 0 Å². The van der Waals surface area contributed by atoms with Crippen LogP contribution >= 0.6 is 11.6 Å². The van der Waals surface area contributed by atoms with Gasteiger partial charge in [-0.3, -0.25) is 0 Å². The van der Waals surface area contributed by atoms with Crippen molar-refractivity contribution in [3.05, 3.63) is 47.0 Å². The van der Waals surface area contributed by atoms with Crippen LogP contribution in [0.25, 0.3) is 5.69 Å². The predicted molar refractivity (Wildman–Crippen MR) is 67.4 cm³/mol. The van der Waals surface area contributed by atoms with Gasteiger partial charge >= 0.3 is 0 Å². The van der Waals surface area contributed by atoms with E-state index in [1.165, 1.54) is 0 Å². The van der Waals surface area contributed by atoms with Crippen molar-refractivity contribution in [2.75, 3.05) is 0 Å². The van der Waals surface area contributed by atoms with Crippen LogP contribution in [0.2, 0.25) is 5.02 Å². The molecule has 0 saturated carbocycles. The molecule has 0 bridgehead atoms. The number of imidazole rings is 1. The third kappa shape index (κ3) is 2.12. The van der Waals surface area contributed by atoms with Gasteiger partial charge in [0.1, 0.15) is 5.82 Å². The summed E-state index contributed by atoms with van der Waals surface area (Å²) in [6, 6.07) is 7.79. The van der Waals surface area contributed by atoms with E-state index >= 15 is 0 Å². The summed E-state index contributed by atoms with van der Waals surface area (Å²) < 4.78 is 2.09. The number of nitrogens with zero attached hydrogens (tertiary/aromatic N) is 2. The van der Waals surface area contributed by atoms with E-state index in [0.717, 1.165) is 22.2 Å². The SMILES string of the molecule is Cc1nc(C(C)C)cn1-c1ccc(Cl)cc1. The Morgan fingerprint density at radius 3 is 2.31 bits per heavy atom. The highest BCUT2D eigenvalue weighted by Gasteiger charge is 2.08. The highest BCUT2D eigenvalue weighted by atomic mass is 35.5. The Labute approximate surface area is 101 Å². The fraction of sp³-hybridized carbons (Fsp3) is 0.308. The van der Waals surface area contributed by atoms with E-state index in [2.05, 4.69) is 29.6 Å². The minimum Gasteiger partial charge on any atom is -0.304 e. The summed E-state index contributed by atoms with van der Waals surface area (Å²) in [5, 5.41) is 0.755. The van der Waals surface area contributed by atoms with E-state index in [0.29, 0.717) is 5.92 Å². The second-order valence-electron chi connectivity index (χ2n) is 4.21. The molecule has 0 radical (unpaired) electrons. The molecule has 0 spiro atoms. The third-order valence-corrected chi connectivity index (χ3v) is 2.85. The zero-order valence-electron chi connectivity index (χ0n) is 9.74. The maximum atomic E-state index is 5.87. The van der Waals surface area contributed by atoms with Crippen molar-refractivity contribution in [1.82, 2.24) is 9.55 Å². The van der Waals surface area contributed by atoms with Gasteiger partial charge < -0.3 is 4.57 Å². The summed E-state index contributed by atoms with van der Waals surface area (Å²) in [6.45, 7) is 6.31. The number of benzene rings is 1. The van der Waals surface area contributed by atoms with Gasteiger partial charge in [0.2, 0.25) is 0 Å². The Kier molecular flexibility index (Phi) is 3.01. The van der Waals surface area contributed by atoms with Gasteiger partial charge in [-0.25, -0.2) is 4.98 Å². The zero-order valence-corrected chi connectivity index (χ0v) is 10.5. The number of hydrogen-bond donors (Lipinski definition) is 0. The summed E-state index contributed by atoms with van der Waals surface area (Å²) in [5.74, 6) is 1.46. The van der Waals surface area contributed by atoms with E-state index < -0.39 is 0 Å². The van der Waals surface area contributed by atoms with Crippen molar-refractivity contribution in [2.24, 2.45) is 0 Å². The van der Waals surface area contributed by atoms with Crippen LogP contribution in [0.5, 0.6) is 0 Å². The van der Waals surface area contributed by atoms with Crippen LogP contribution in [-0.2, 0) is 0 Å². The maximum Gasteiger partial charge on any atom is 0.110 e. The standard InChI is InChI=1S/C13H15ClN2/c1-9(2)13-8-16(10(3)15-13)12-6-4-11(14)5-7-12/h4-9H,1-3H3. The molecule has 2 rings (SSSR count). The van der Waals surface area contributed by atoms with Crippen LogP contribution in [0.15, 0.2) is 30.5 Å². The summed E-state index contributed by atoms with van der Waals surface area (Å²) in [5.41, 5.74) is 2.22. The lowest BCUT2D eigenvalue weighted by atomic mass is 10.2. The van der Waals surface area contributed by atoms with Gasteiger partial charge in [-0.15, -0.1) is 0 Å². The van der Waals surface area contributed by atoms with Crippen LogP contribution in [0.4, 0.5) is 0 Å². The van der Waals surface area contributed by atoms with Crippen molar-refractivity contribution in [1.29, 1.82) is 0 Å². The van der Waals surface area contributed by atoms with Crippen molar-refractivity contribution >= 4 is 11.6 Å². The molecule has 0 N–H and O–H groups in total. The lowest BCUT2D eigenvalue weighted by molar-refractivity contribution is 0.828. The van der Waals surface area contributed by atoms with Gasteiger partial charge in [-0.2, -0.15) is 0 Å². The average Bonchev–Trinajstić information content (AvgIpc) is 2.62. The van der Waals surface area contributed by atoms with E-state index in [9.17, 15) is 0 Å². The Hall–Kier alpha value is -1.28. The smallest absolute Gasteiger partial charge is 0.110 e. The molecule has 1 aromatic heterocycles. The molecule has 0 aliphatic carbocycles. The molecule has 2 aromatic rings. The van der Waals surface area contributed by atoms with Gasteiger partial charge in [-0.1, -0.05) is 25.4 Å². The topological polar surface area (TPSA) is 17.8 Å². The first-order chi connectivity index (χ1) is 7.58. The van der Waals surface area contributed by atoms with Crippen LogP contribution in [0.3, 0.4) is 0 Å². The van der Waals surface area contributed by atoms with E-state index in [4.69, 9.17) is 11.6 Å². The van der Waals surface area contributed by atoms with Crippen molar-refractivity contribution in [3.8, 4) is 5.69 Å². The van der Waals surface area contributed by atoms with Crippen molar-refractivity contribution in [3.63, 3.8) is 0 Å². The van der Waals surface area contributed by atoms with Crippen molar-refractivity contribution in [2.45, 2.75) is 26.7 Å². The minimum absolute atomic E-state index is 0.451. The highest BCUT2D eigenvalue weighted by molar-refractivity contribution is 6.30. The average molecular weight is 235 g/mol. The van der Waals surface area contributed by atoms with Crippen LogP contribution in [0, 0.1) is 6.92 Å². The number of rotatable bonds is 2. The van der Waals surface area contributed by atoms with Gasteiger partial charge in [-0.05, 0) is 37.1 Å². The molecular weight excluding hydrogens is 220 g/mol. The first kappa shape index (κ1) is 11.2. The summed E-state index contributed by atoms with van der Waals surface area (Å²) in [6.07, 6.45) is 2.09. The van der Waals surface area contributed by atoms with Crippen LogP contribution in [-0.4, -0.2) is 9.55 Å². The molecule has 1 heterocycles. The fourth-order valence-corrected chi connectivity index (χ4v) is 1.76. The monoisotopic (exact) mass is 234 g/mol. The Morgan fingerprint density at radius 2 is 1.81 bits per heavy atom. The molecule has 0 atom stereocenters. The normalized spacial score (nSPS) is 11.1. The Bertz CT molecular complexity index is 483. The van der Waals surface area contributed by atoms with Gasteiger partial charge in [0.25, 0.3) is 0 Å². The molecule has 16 heavy (non-hydrogen) atoms. The molecule has 0 unspecified atom stereocenters. The van der Waals surface area contributed by atoms with E-state index in [-0.39, 0.29) is 0 Å². The number of aromatic nitrogens is 2. The van der Waals surface area contributed by atoms with E-state index in [1.807, 2.05) is 31.2 Å². The second-order valence-corrected chi connectivity index (χ2v) is 4.65. The predicted octanol–water partition coefficient (Wildman–Crippen LogP) is 3.96. The molecular formula is C13H15ClN2. The first-order valence-corrected chi connectivity index (χ1v) is 5.77. The molecule has 0 saturated heterocycles. The maximum absolute atomic E-state index is 5.87. The largest absolute Gasteiger partial charge is 0.304 e. The molecule has 0 aliphatic rings. The molecule has 84 valence electrons. The minimum atomic E-state index is 0.451. The third-order valence-electron chi connectivity index (χ3n) is 2.60. The Morgan fingerprint density at radius 1 is 1.19 bits per heavy atom. The van der Waals surface area contributed by atoms with Gasteiger partial charge in [0.15, 0.2) is 0 Å². The lowest BCUT2D eigenvalue weighted by Gasteiger charge is -2.04. The summed E-state index contributed by atoms with van der Waals surface area (Å²) in [7, 11) is 0. The Balaban J connectivity index is 2.44. The number of halogens is 1. The zero-order chi connectivity index (χ0) is 11.7. The molecule has 0 aliphatic heterocycles. The van der Waals surface area contributed by atoms with Crippen molar-refractivity contribution < 1.29 is 0 Å². The first-order valence-electron chi connectivity index (χ1n) is 5.40. The number of hydrogen-bond acceptors (Lipinski definition) is 1. The molecule has 0 amide bonds. The molecule has 2 nitrogen and oxygen atoms in total. The van der Waals surface area contributed by atoms with Gasteiger partial charge in [0.05, 0.1) is 5.69 Å². The lowest BCUT2D eigenvalue weighted by Crippen LogP contribution is -1.94. The fourth-order valence-electron chi connectivity index (χ4n) is 1.64. The molecule has 0 fully saturated rings.